The smallest absolute Gasteiger partial charge is 0.223 e. The third kappa shape index (κ3) is 2.36. The van der Waals surface area contributed by atoms with Crippen LogP contribution in [0.3, 0.4) is 0 Å². The number of benzene rings is 1. The van der Waals surface area contributed by atoms with Crippen LogP contribution in [0, 0.1) is 5.92 Å². The summed E-state index contributed by atoms with van der Waals surface area (Å²) in [5, 5.41) is 3.29. The van der Waals surface area contributed by atoms with Gasteiger partial charge in [0.1, 0.15) is 0 Å². The van der Waals surface area contributed by atoms with Crippen molar-refractivity contribution < 1.29 is 9.59 Å². The van der Waals surface area contributed by atoms with Crippen molar-refractivity contribution in [2.75, 3.05) is 24.5 Å². The van der Waals surface area contributed by atoms with Crippen molar-refractivity contribution in [3.05, 3.63) is 29.3 Å². The van der Waals surface area contributed by atoms with Gasteiger partial charge in [0.2, 0.25) is 5.91 Å². The highest BCUT2D eigenvalue weighted by atomic mass is 16.2. The number of amides is 1. The molecule has 1 saturated heterocycles. The summed E-state index contributed by atoms with van der Waals surface area (Å²) in [6.45, 7) is 4.12. The summed E-state index contributed by atoms with van der Waals surface area (Å²) in [6.07, 6.45) is 2.89. The van der Waals surface area contributed by atoms with Crippen molar-refractivity contribution in [2.45, 2.75) is 26.2 Å². The molecule has 1 unspecified atom stereocenters. The summed E-state index contributed by atoms with van der Waals surface area (Å²) in [7, 11) is 0. The monoisotopic (exact) mass is 272 g/mol. The molecule has 0 bridgehead atoms. The van der Waals surface area contributed by atoms with E-state index in [2.05, 4.69) is 5.32 Å². The first-order valence-electron chi connectivity index (χ1n) is 7.33. The van der Waals surface area contributed by atoms with Crippen LogP contribution >= 0.6 is 0 Å². The van der Waals surface area contributed by atoms with Gasteiger partial charge in [-0.3, -0.25) is 9.59 Å². The van der Waals surface area contributed by atoms with Crippen LogP contribution in [0.25, 0.3) is 0 Å². The Morgan fingerprint density at radius 2 is 2.20 bits per heavy atom. The molecule has 106 valence electrons. The minimum Gasteiger partial charge on any atom is -0.316 e. The number of hydrogen-bond donors (Lipinski definition) is 1. The molecule has 0 spiro atoms. The maximum atomic E-state index is 12.5. The van der Waals surface area contributed by atoms with Gasteiger partial charge >= 0.3 is 0 Å². The Kier molecular flexibility index (Phi) is 3.57. The molecular weight excluding hydrogens is 252 g/mol. The van der Waals surface area contributed by atoms with Crippen molar-refractivity contribution in [3.8, 4) is 0 Å². The molecule has 2 heterocycles. The first-order chi connectivity index (χ1) is 9.66. The summed E-state index contributed by atoms with van der Waals surface area (Å²) in [4.78, 5) is 25.8. The van der Waals surface area contributed by atoms with Gasteiger partial charge in [-0.25, -0.2) is 0 Å². The maximum absolute atomic E-state index is 12.5. The molecule has 1 fully saturated rings. The molecule has 1 aromatic carbocycles. The van der Waals surface area contributed by atoms with Crippen LogP contribution in [0.4, 0.5) is 5.69 Å². The highest BCUT2D eigenvalue weighted by Crippen LogP contribution is 2.30. The lowest BCUT2D eigenvalue weighted by atomic mass is 9.90. The Morgan fingerprint density at radius 3 is 2.90 bits per heavy atom. The van der Waals surface area contributed by atoms with E-state index in [-0.39, 0.29) is 17.6 Å². The Labute approximate surface area is 119 Å². The average molecular weight is 272 g/mol. The normalized spacial score (nSPS) is 21.6. The number of hydrogen-bond acceptors (Lipinski definition) is 3. The van der Waals surface area contributed by atoms with Crippen LogP contribution in [0.5, 0.6) is 0 Å². The number of rotatable bonds is 2. The lowest BCUT2D eigenvalue weighted by Gasteiger charge is -2.22. The summed E-state index contributed by atoms with van der Waals surface area (Å²) in [5.41, 5.74) is 2.88. The second-order valence-electron chi connectivity index (χ2n) is 5.67. The quantitative estimate of drug-likeness (QED) is 0.835. The van der Waals surface area contributed by atoms with Gasteiger partial charge in [-0.05, 0) is 49.6 Å². The second-order valence-corrected chi connectivity index (χ2v) is 5.67. The zero-order valence-corrected chi connectivity index (χ0v) is 11.8. The number of ketones is 1. The minimum atomic E-state index is 0.0688. The lowest BCUT2D eigenvalue weighted by molar-refractivity contribution is -0.116. The average Bonchev–Trinajstić information content (AvgIpc) is 2.90. The van der Waals surface area contributed by atoms with Gasteiger partial charge < -0.3 is 10.2 Å². The number of fused-ring (bicyclic) bond motifs is 1. The van der Waals surface area contributed by atoms with E-state index in [0.717, 1.165) is 55.7 Å². The van der Waals surface area contributed by atoms with Gasteiger partial charge in [-0.2, -0.15) is 0 Å². The third-order valence-electron chi connectivity index (χ3n) is 4.31. The molecule has 2 aliphatic rings. The Bertz CT molecular complexity index is 547. The molecule has 1 aromatic rings. The molecule has 20 heavy (non-hydrogen) atoms. The fourth-order valence-corrected chi connectivity index (χ4v) is 3.19. The van der Waals surface area contributed by atoms with Crippen molar-refractivity contribution in [1.82, 2.24) is 5.32 Å². The molecule has 1 amide bonds. The van der Waals surface area contributed by atoms with Crippen molar-refractivity contribution in [2.24, 2.45) is 5.92 Å². The summed E-state index contributed by atoms with van der Waals surface area (Å²) < 4.78 is 0. The van der Waals surface area contributed by atoms with Crippen LogP contribution in [-0.2, 0) is 11.2 Å². The summed E-state index contributed by atoms with van der Waals surface area (Å²) in [5.74, 6) is 0.410. The van der Waals surface area contributed by atoms with E-state index in [0.29, 0.717) is 0 Å². The number of carbonyl (C=O) groups is 2. The SMILES string of the molecule is CC(=O)N1CCc2cc(C(=O)C3CCCNC3)ccc21. The summed E-state index contributed by atoms with van der Waals surface area (Å²) in [6, 6.07) is 5.78. The predicted octanol–water partition coefficient (Wildman–Crippen LogP) is 1.78. The first-order valence-corrected chi connectivity index (χ1v) is 7.33. The number of nitrogens with zero attached hydrogens (tertiary/aromatic N) is 1. The molecule has 0 radical (unpaired) electrons. The van der Waals surface area contributed by atoms with E-state index in [1.54, 1.807) is 11.8 Å². The van der Waals surface area contributed by atoms with Crippen LogP contribution in [-0.4, -0.2) is 31.3 Å². The zero-order valence-electron chi connectivity index (χ0n) is 11.8. The van der Waals surface area contributed by atoms with Crippen LogP contribution in [0.2, 0.25) is 0 Å². The third-order valence-corrected chi connectivity index (χ3v) is 4.31. The molecular formula is C16H20N2O2. The molecule has 4 nitrogen and oxygen atoms in total. The van der Waals surface area contributed by atoms with Gasteiger partial charge in [-0.15, -0.1) is 0 Å². The van der Waals surface area contributed by atoms with Crippen molar-refractivity contribution in [1.29, 1.82) is 0 Å². The number of anilines is 1. The maximum Gasteiger partial charge on any atom is 0.223 e. The van der Waals surface area contributed by atoms with E-state index >= 15 is 0 Å². The van der Waals surface area contributed by atoms with E-state index in [1.807, 2.05) is 18.2 Å². The molecule has 0 aliphatic carbocycles. The zero-order chi connectivity index (χ0) is 14.1. The summed E-state index contributed by atoms with van der Waals surface area (Å²) >= 11 is 0. The highest BCUT2D eigenvalue weighted by molar-refractivity contribution is 6.00. The van der Waals surface area contributed by atoms with Gasteiger partial charge in [0, 0.05) is 37.2 Å². The first kappa shape index (κ1) is 13.3. The predicted molar refractivity (Wildman–Crippen MR) is 78.1 cm³/mol. The van der Waals surface area contributed by atoms with Gasteiger partial charge in [0.15, 0.2) is 5.78 Å². The Balaban J connectivity index is 1.82. The van der Waals surface area contributed by atoms with E-state index in [9.17, 15) is 9.59 Å². The minimum absolute atomic E-state index is 0.0688. The molecule has 0 saturated carbocycles. The fourth-order valence-electron chi connectivity index (χ4n) is 3.19. The van der Waals surface area contributed by atoms with E-state index in [1.165, 1.54) is 0 Å². The largest absolute Gasteiger partial charge is 0.316 e. The fraction of sp³-hybridized carbons (Fsp3) is 0.500. The molecule has 2 aliphatic heterocycles. The lowest BCUT2D eigenvalue weighted by Crippen LogP contribution is -2.34. The van der Waals surface area contributed by atoms with Crippen molar-refractivity contribution >= 4 is 17.4 Å². The topological polar surface area (TPSA) is 49.4 Å². The Hall–Kier alpha value is -1.68. The van der Waals surface area contributed by atoms with Crippen molar-refractivity contribution in [3.63, 3.8) is 0 Å². The number of carbonyl (C=O) groups excluding carboxylic acids is 2. The second kappa shape index (κ2) is 5.37. The van der Waals surface area contributed by atoms with Crippen LogP contribution in [0.15, 0.2) is 18.2 Å². The molecule has 0 aromatic heterocycles. The Morgan fingerprint density at radius 1 is 1.35 bits per heavy atom. The standard InChI is InChI=1S/C16H20N2O2/c1-11(19)18-8-6-12-9-13(4-5-15(12)18)16(20)14-3-2-7-17-10-14/h4-5,9,14,17H,2-3,6-8,10H2,1H3. The van der Waals surface area contributed by atoms with E-state index < -0.39 is 0 Å². The number of piperidine rings is 1. The molecule has 1 N–H and O–H groups in total. The van der Waals surface area contributed by atoms with Gasteiger partial charge in [0.05, 0.1) is 0 Å². The molecule has 3 rings (SSSR count). The molecule has 4 heteroatoms. The van der Waals surface area contributed by atoms with Crippen LogP contribution < -0.4 is 10.2 Å². The molecule has 1 atom stereocenters. The number of nitrogens with one attached hydrogen (secondary N) is 1. The number of Topliss-reactive ketones (excluding diaryl/α,β-unsaturated/α-hetero) is 1. The van der Waals surface area contributed by atoms with Gasteiger partial charge in [-0.1, -0.05) is 0 Å². The van der Waals surface area contributed by atoms with Crippen LogP contribution in [0.1, 0.15) is 35.7 Å². The van der Waals surface area contributed by atoms with E-state index in [4.69, 9.17) is 0 Å². The highest BCUT2D eigenvalue weighted by Gasteiger charge is 2.26. The van der Waals surface area contributed by atoms with Gasteiger partial charge in [0.25, 0.3) is 0 Å².